The molecule has 12 heteroatoms. The predicted molar refractivity (Wildman–Crippen MR) is 116 cm³/mol. The summed E-state index contributed by atoms with van der Waals surface area (Å²) in [4.78, 5) is 27.0. The lowest BCUT2D eigenvalue weighted by atomic mass is 10.2. The molecule has 1 amide bonds. The van der Waals surface area contributed by atoms with Crippen LogP contribution in [0.25, 0.3) is 16.3 Å². The minimum atomic E-state index is -3.86. The molecule has 0 aliphatic heterocycles. The average molecular weight is 463 g/mol. The molecule has 0 fully saturated rings. The lowest BCUT2D eigenvalue weighted by Gasteiger charge is -2.04. The van der Waals surface area contributed by atoms with Gasteiger partial charge in [-0.2, -0.15) is 4.99 Å². The van der Waals surface area contributed by atoms with Gasteiger partial charge in [-0.05, 0) is 42.0 Å². The third-order valence-corrected chi connectivity index (χ3v) is 6.18. The molecule has 0 atom stereocenters. The number of amides is 1. The van der Waals surface area contributed by atoms with Crippen molar-refractivity contribution in [3.8, 4) is 0 Å². The van der Waals surface area contributed by atoms with Crippen molar-refractivity contribution >= 4 is 49.2 Å². The highest BCUT2D eigenvalue weighted by Crippen LogP contribution is 2.21. The molecule has 3 aromatic rings. The number of fused-ring (bicyclic) bond motifs is 1. The van der Waals surface area contributed by atoms with Crippen molar-refractivity contribution in [2.75, 3.05) is 13.7 Å². The van der Waals surface area contributed by atoms with Crippen molar-refractivity contribution in [2.24, 2.45) is 10.1 Å². The number of aromatic nitrogens is 1. The Morgan fingerprint density at radius 2 is 2.00 bits per heavy atom. The van der Waals surface area contributed by atoms with Crippen molar-refractivity contribution in [2.45, 2.75) is 11.4 Å². The number of primary sulfonamides is 1. The zero-order valence-electron chi connectivity index (χ0n) is 16.3. The van der Waals surface area contributed by atoms with Crippen LogP contribution in [0.15, 0.2) is 58.4 Å². The fourth-order valence-electron chi connectivity index (χ4n) is 2.72. The summed E-state index contributed by atoms with van der Waals surface area (Å²) in [6, 6.07) is 10.2. The number of nitro benzene ring substituents is 1. The number of nitro groups is 1. The number of methoxy groups -OCH3 is 1. The maximum atomic E-state index is 12.4. The van der Waals surface area contributed by atoms with E-state index < -0.39 is 20.9 Å². The third kappa shape index (κ3) is 5.49. The standard InChI is InChI=1S/C19H18N4O6S2/c1-29-11-10-22-16-8-7-15(31(20,27)28)12-17(16)30-19(22)21-18(24)9-4-13-2-5-14(6-3-13)23(25)26/h2-9,12H,10-11H2,1H3,(H2,20,27,28). The lowest BCUT2D eigenvalue weighted by molar-refractivity contribution is -0.384. The molecule has 1 aromatic heterocycles. The number of carbonyl (C=O) groups is 1. The minimum absolute atomic E-state index is 0.0314. The number of hydrogen-bond acceptors (Lipinski definition) is 7. The summed E-state index contributed by atoms with van der Waals surface area (Å²) in [6.07, 6.45) is 2.75. The fourth-order valence-corrected chi connectivity index (χ4v) is 4.44. The number of ether oxygens (including phenoxy) is 1. The van der Waals surface area contributed by atoms with E-state index in [0.717, 1.165) is 11.3 Å². The van der Waals surface area contributed by atoms with Crippen molar-refractivity contribution in [3.05, 3.63) is 69.0 Å². The van der Waals surface area contributed by atoms with Gasteiger partial charge in [0, 0.05) is 31.9 Å². The van der Waals surface area contributed by atoms with Crippen LogP contribution in [0.4, 0.5) is 5.69 Å². The van der Waals surface area contributed by atoms with E-state index in [1.165, 1.54) is 48.6 Å². The number of non-ortho nitro benzene ring substituents is 1. The first kappa shape index (κ1) is 22.5. The van der Waals surface area contributed by atoms with Crippen molar-refractivity contribution in [1.82, 2.24) is 4.57 Å². The van der Waals surface area contributed by atoms with Crippen LogP contribution in [0.2, 0.25) is 0 Å². The molecule has 3 rings (SSSR count). The molecule has 162 valence electrons. The fraction of sp³-hybridized carbons (Fsp3) is 0.158. The van der Waals surface area contributed by atoms with E-state index in [-0.39, 0.29) is 10.6 Å². The summed E-state index contributed by atoms with van der Waals surface area (Å²) >= 11 is 1.15. The number of hydrogen-bond donors (Lipinski definition) is 1. The van der Waals surface area contributed by atoms with Crippen LogP contribution in [0.3, 0.4) is 0 Å². The van der Waals surface area contributed by atoms with Crippen LogP contribution in [-0.2, 0) is 26.1 Å². The Kier molecular flexibility index (Phi) is 6.75. The molecule has 1 heterocycles. The first-order valence-corrected chi connectivity index (χ1v) is 11.2. The number of nitrogens with two attached hydrogens (primary N) is 1. The van der Waals surface area contributed by atoms with Gasteiger partial charge in [-0.1, -0.05) is 11.3 Å². The van der Waals surface area contributed by atoms with Gasteiger partial charge >= 0.3 is 0 Å². The second-order valence-corrected chi connectivity index (χ2v) is 8.91. The van der Waals surface area contributed by atoms with Gasteiger partial charge in [0.05, 0.1) is 26.6 Å². The zero-order chi connectivity index (χ0) is 22.6. The van der Waals surface area contributed by atoms with Crippen LogP contribution in [-0.4, -0.2) is 37.5 Å². The minimum Gasteiger partial charge on any atom is -0.383 e. The average Bonchev–Trinajstić information content (AvgIpc) is 3.06. The Bertz CT molecular complexity index is 1340. The van der Waals surface area contributed by atoms with Crippen molar-refractivity contribution < 1.29 is 22.9 Å². The second kappa shape index (κ2) is 9.31. The molecule has 0 unspecified atom stereocenters. The largest absolute Gasteiger partial charge is 0.383 e. The van der Waals surface area contributed by atoms with Gasteiger partial charge in [0.2, 0.25) is 10.0 Å². The second-order valence-electron chi connectivity index (χ2n) is 6.34. The predicted octanol–water partition coefficient (Wildman–Crippen LogP) is 2.05. The van der Waals surface area contributed by atoms with Gasteiger partial charge in [0.25, 0.3) is 11.6 Å². The summed E-state index contributed by atoms with van der Waals surface area (Å²) in [7, 11) is -2.32. The van der Waals surface area contributed by atoms with Gasteiger partial charge in [0.15, 0.2) is 4.80 Å². The summed E-state index contributed by atoms with van der Waals surface area (Å²) in [5.41, 5.74) is 1.26. The molecule has 2 N–H and O–H groups in total. The SMILES string of the molecule is COCCn1c(=NC(=O)C=Cc2ccc([N+](=O)[O-])cc2)sc2cc(S(N)(=O)=O)ccc21. The van der Waals surface area contributed by atoms with Crippen LogP contribution in [0, 0.1) is 10.1 Å². The third-order valence-electron chi connectivity index (χ3n) is 4.23. The van der Waals surface area contributed by atoms with Gasteiger partial charge in [-0.25, -0.2) is 13.6 Å². The number of carbonyl (C=O) groups excluding carboxylic acids is 1. The maximum absolute atomic E-state index is 12.4. The van der Waals surface area contributed by atoms with Crippen LogP contribution < -0.4 is 9.94 Å². The molecule has 31 heavy (non-hydrogen) atoms. The molecular formula is C19H18N4O6S2. The van der Waals surface area contributed by atoms with E-state index in [2.05, 4.69) is 4.99 Å². The van der Waals surface area contributed by atoms with E-state index in [1.807, 2.05) is 0 Å². The van der Waals surface area contributed by atoms with E-state index in [0.29, 0.717) is 33.7 Å². The van der Waals surface area contributed by atoms with Crippen molar-refractivity contribution in [1.29, 1.82) is 0 Å². The number of benzene rings is 2. The van der Waals surface area contributed by atoms with Crippen molar-refractivity contribution in [3.63, 3.8) is 0 Å². The summed E-state index contributed by atoms with van der Waals surface area (Å²) in [5, 5.41) is 15.9. The highest BCUT2D eigenvalue weighted by atomic mass is 32.2. The number of thiazole rings is 1. The molecule has 0 saturated heterocycles. The van der Waals surface area contributed by atoms with E-state index in [4.69, 9.17) is 9.88 Å². The monoisotopic (exact) mass is 462 g/mol. The Hall–Kier alpha value is -3.19. The highest BCUT2D eigenvalue weighted by Gasteiger charge is 2.13. The highest BCUT2D eigenvalue weighted by molar-refractivity contribution is 7.89. The van der Waals surface area contributed by atoms with Gasteiger partial charge < -0.3 is 9.30 Å². The Balaban J connectivity index is 1.96. The smallest absolute Gasteiger partial charge is 0.272 e. The van der Waals surface area contributed by atoms with E-state index in [9.17, 15) is 23.3 Å². The first-order valence-electron chi connectivity index (χ1n) is 8.85. The molecular weight excluding hydrogens is 444 g/mol. The lowest BCUT2D eigenvalue weighted by Crippen LogP contribution is -2.19. The summed E-state index contributed by atoms with van der Waals surface area (Å²) < 4.78 is 30.7. The van der Waals surface area contributed by atoms with Gasteiger partial charge in [-0.3, -0.25) is 14.9 Å². The zero-order valence-corrected chi connectivity index (χ0v) is 17.9. The number of rotatable bonds is 7. The van der Waals surface area contributed by atoms with E-state index in [1.54, 1.807) is 17.7 Å². The summed E-state index contributed by atoms with van der Waals surface area (Å²) in [6.45, 7) is 0.770. The molecule has 0 saturated carbocycles. The van der Waals surface area contributed by atoms with Gasteiger partial charge in [-0.15, -0.1) is 0 Å². The van der Waals surface area contributed by atoms with Crippen LogP contribution in [0.5, 0.6) is 0 Å². The molecule has 0 radical (unpaired) electrons. The molecule has 0 spiro atoms. The van der Waals surface area contributed by atoms with E-state index >= 15 is 0 Å². The Morgan fingerprint density at radius 3 is 2.61 bits per heavy atom. The molecule has 0 bridgehead atoms. The Morgan fingerprint density at radius 1 is 1.29 bits per heavy atom. The van der Waals surface area contributed by atoms with Gasteiger partial charge in [0.1, 0.15) is 0 Å². The van der Waals surface area contributed by atoms with Crippen LogP contribution >= 0.6 is 11.3 Å². The van der Waals surface area contributed by atoms with Crippen LogP contribution in [0.1, 0.15) is 5.56 Å². The quantitative estimate of drug-likeness (QED) is 0.323. The number of nitrogens with zero attached hydrogens (tertiary/aromatic N) is 3. The molecule has 0 aliphatic carbocycles. The Labute approximate surface area is 181 Å². The number of sulfonamides is 1. The maximum Gasteiger partial charge on any atom is 0.272 e. The molecule has 0 aliphatic rings. The molecule has 2 aromatic carbocycles. The first-order chi connectivity index (χ1) is 14.7. The molecule has 10 nitrogen and oxygen atoms in total. The topological polar surface area (TPSA) is 147 Å². The normalized spacial score (nSPS) is 12.6. The summed E-state index contributed by atoms with van der Waals surface area (Å²) in [5.74, 6) is -0.539.